The van der Waals surface area contributed by atoms with E-state index in [9.17, 15) is 4.79 Å². The lowest BCUT2D eigenvalue weighted by Gasteiger charge is -2.34. The fraction of sp³-hybridized carbons (Fsp3) is 0.550. The summed E-state index contributed by atoms with van der Waals surface area (Å²) >= 11 is 0. The van der Waals surface area contributed by atoms with Crippen LogP contribution in [0.3, 0.4) is 0 Å². The Morgan fingerprint density at radius 3 is 2.61 bits per heavy atom. The van der Waals surface area contributed by atoms with Crippen LogP contribution in [-0.4, -0.2) is 42.2 Å². The summed E-state index contributed by atoms with van der Waals surface area (Å²) in [6.07, 6.45) is 7.71. The van der Waals surface area contributed by atoms with Gasteiger partial charge in [-0.25, -0.2) is 9.97 Å². The molecule has 0 spiro atoms. The zero-order valence-electron chi connectivity index (χ0n) is 16.4. The van der Waals surface area contributed by atoms with Crippen molar-refractivity contribution in [2.75, 3.05) is 18.0 Å². The summed E-state index contributed by atoms with van der Waals surface area (Å²) in [7, 11) is 0. The first kappa shape index (κ1) is 17.3. The molecular formula is C20H25N7O. The van der Waals surface area contributed by atoms with Crippen LogP contribution in [-0.2, 0) is 6.54 Å². The van der Waals surface area contributed by atoms with Crippen molar-refractivity contribution in [3.8, 4) is 0 Å². The van der Waals surface area contributed by atoms with E-state index in [1.807, 2.05) is 11.4 Å². The lowest BCUT2D eigenvalue weighted by Crippen LogP contribution is -2.38. The molecule has 0 aromatic carbocycles. The highest BCUT2D eigenvalue weighted by molar-refractivity contribution is 5.54. The molecule has 28 heavy (non-hydrogen) atoms. The van der Waals surface area contributed by atoms with Gasteiger partial charge in [-0.1, -0.05) is 0 Å². The van der Waals surface area contributed by atoms with Gasteiger partial charge in [0, 0.05) is 42.9 Å². The SMILES string of the molecule is Cc1nc2ncnn2c(N2CCC(Cn3cnc(C4CC4)cc3=O)CC2)c1C. The van der Waals surface area contributed by atoms with E-state index >= 15 is 0 Å². The van der Waals surface area contributed by atoms with Gasteiger partial charge in [0.25, 0.3) is 11.3 Å². The molecule has 2 aliphatic rings. The molecule has 8 nitrogen and oxygen atoms in total. The maximum absolute atomic E-state index is 12.4. The van der Waals surface area contributed by atoms with Crippen LogP contribution in [0.25, 0.3) is 5.78 Å². The minimum atomic E-state index is 0.0873. The highest BCUT2D eigenvalue weighted by Gasteiger charge is 2.27. The van der Waals surface area contributed by atoms with Crippen LogP contribution in [0.1, 0.15) is 48.6 Å². The van der Waals surface area contributed by atoms with Crippen LogP contribution in [0.5, 0.6) is 0 Å². The Labute approximate surface area is 163 Å². The lowest BCUT2D eigenvalue weighted by atomic mass is 9.96. The molecule has 0 atom stereocenters. The predicted molar refractivity (Wildman–Crippen MR) is 106 cm³/mol. The molecule has 1 saturated carbocycles. The van der Waals surface area contributed by atoms with E-state index in [4.69, 9.17) is 0 Å². The molecule has 0 unspecified atom stereocenters. The summed E-state index contributed by atoms with van der Waals surface area (Å²) in [6.45, 7) is 6.73. The molecule has 8 heteroatoms. The number of anilines is 1. The second-order valence-electron chi connectivity index (χ2n) is 8.13. The molecule has 1 aliphatic carbocycles. The molecule has 5 rings (SSSR count). The number of rotatable bonds is 4. The molecular weight excluding hydrogens is 354 g/mol. The summed E-state index contributed by atoms with van der Waals surface area (Å²) in [6, 6.07) is 1.73. The Morgan fingerprint density at radius 1 is 1.11 bits per heavy atom. The van der Waals surface area contributed by atoms with Crippen LogP contribution in [0.2, 0.25) is 0 Å². The smallest absolute Gasteiger partial charge is 0.254 e. The minimum absolute atomic E-state index is 0.0873. The van der Waals surface area contributed by atoms with Crippen molar-refractivity contribution in [1.29, 1.82) is 0 Å². The Bertz CT molecular complexity index is 1070. The summed E-state index contributed by atoms with van der Waals surface area (Å²) in [4.78, 5) is 28.1. The van der Waals surface area contributed by atoms with Crippen molar-refractivity contribution in [1.82, 2.24) is 29.1 Å². The summed E-state index contributed by atoms with van der Waals surface area (Å²) in [5.41, 5.74) is 3.19. The average Bonchev–Trinajstić information content (AvgIpc) is 3.44. The third kappa shape index (κ3) is 3.06. The van der Waals surface area contributed by atoms with Gasteiger partial charge < -0.3 is 4.90 Å². The summed E-state index contributed by atoms with van der Waals surface area (Å²) in [5.74, 6) is 2.74. The Morgan fingerprint density at radius 2 is 1.89 bits per heavy atom. The van der Waals surface area contributed by atoms with Crippen LogP contribution in [0, 0.1) is 19.8 Å². The van der Waals surface area contributed by atoms with E-state index in [0.717, 1.165) is 55.2 Å². The number of nitrogens with zero attached hydrogens (tertiary/aromatic N) is 7. The fourth-order valence-corrected chi connectivity index (χ4v) is 4.17. The summed E-state index contributed by atoms with van der Waals surface area (Å²) < 4.78 is 3.62. The third-order valence-corrected chi connectivity index (χ3v) is 6.14. The maximum atomic E-state index is 12.4. The first-order valence-corrected chi connectivity index (χ1v) is 10.1. The predicted octanol–water partition coefficient (Wildman–Crippen LogP) is 2.09. The lowest BCUT2D eigenvalue weighted by molar-refractivity contribution is 0.349. The van der Waals surface area contributed by atoms with E-state index in [2.05, 4.69) is 31.9 Å². The number of piperidine rings is 1. The normalized spacial score (nSPS) is 18.1. The van der Waals surface area contributed by atoms with Crippen molar-refractivity contribution < 1.29 is 0 Å². The van der Waals surface area contributed by atoms with Crippen LogP contribution in [0.4, 0.5) is 5.82 Å². The molecule has 0 amide bonds. The molecule has 0 radical (unpaired) electrons. The molecule has 2 fully saturated rings. The Hall–Kier alpha value is -2.77. The number of hydrogen-bond donors (Lipinski definition) is 0. The molecule has 3 aromatic rings. The molecule has 0 bridgehead atoms. The third-order valence-electron chi connectivity index (χ3n) is 6.14. The van der Waals surface area contributed by atoms with Crippen LogP contribution < -0.4 is 10.5 Å². The fourth-order valence-electron chi connectivity index (χ4n) is 4.17. The summed E-state index contributed by atoms with van der Waals surface area (Å²) in [5, 5.41) is 4.37. The van der Waals surface area contributed by atoms with E-state index in [-0.39, 0.29) is 5.56 Å². The van der Waals surface area contributed by atoms with E-state index in [0.29, 0.717) is 17.6 Å². The standard InChI is InChI=1S/C20H25N7O/c1-13-14(2)24-20-21-11-23-27(20)19(13)25-7-5-15(6-8-25)10-26-12-22-17(9-18(26)28)16-3-4-16/h9,11-12,15-16H,3-8,10H2,1-2H3. The van der Waals surface area contributed by atoms with Gasteiger partial charge in [0.05, 0.1) is 12.0 Å². The largest absolute Gasteiger partial charge is 0.356 e. The molecule has 0 N–H and O–H groups in total. The van der Waals surface area contributed by atoms with E-state index in [1.54, 1.807) is 23.3 Å². The van der Waals surface area contributed by atoms with Gasteiger partial charge in [-0.05, 0) is 45.4 Å². The minimum Gasteiger partial charge on any atom is -0.356 e. The number of aromatic nitrogens is 6. The monoisotopic (exact) mass is 379 g/mol. The van der Waals surface area contributed by atoms with Gasteiger partial charge in [-0.3, -0.25) is 9.36 Å². The first-order chi connectivity index (χ1) is 13.6. The molecule has 3 aromatic heterocycles. The number of fused-ring (bicyclic) bond motifs is 1. The van der Waals surface area contributed by atoms with Crippen molar-refractivity contribution in [2.24, 2.45) is 5.92 Å². The van der Waals surface area contributed by atoms with Crippen molar-refractivity contribution in [2.45, 2.75) is 52.0 Å². The van der Waals surface area contributed by atoms with Crippen molar-refractivity contribution in [3.63, 3.8) is 0 Å². The highest BCUT2D eigenvalue weighted by Crippen LogP contribution is 2.38. The second kappa shape index (κ2) is 6.68. The van der Waals surface area contributed by atoms with Crippen molar-refractivity contribution in [3.05, 3.63) is 46.0 Å². The van der Waals surface area contributed by atoms with Gasteiger partial charge >= 0.3 is 0 Å². The van der Waals surface area contributed by atoms with Crippen molar-refractivity contribution >= 4 is 11.6 Å². The zero-order chi connectivity index (χ0) is 19.3. The van der Waals surface area contributed by atoms with Crippen LogP contribution in [0.15, 0.2) is 23.5 Å². The van der Waals surface area contributed by atoms with Gasteiger partial charge in [0.15, 0.2) is 0 Å². The Kier molecular flexibility index (Phi) is 4.14. The highest BCUT2D eigenvalue weighted by atomic mass is 16.1. The Balaban J connectivity index is 1.30. The van der Waals surface area contributed by atoms with Gasteiger partial charge in [-0.2, -0.15) is 14.6 Å². The number of aryl methyl sites for hydroxylation is 1. The van der Waals surface area contributed by atoms with E-state index in [1.165, 1.54) is 12.8 Å². The van der Waals surface area contributed by atoms with E-state index < -0.39 is 0 Å². The molecule has 1 aliphatic heterocycles. The van der Waals surface area contributed by atoms with Gasteiger partial charge in [0.2, 0.25) is 0 Å². The molecule has 4 heterocycles. The first-order valence-electron chi connectivity index (χ1n) is 10.1. The van der Waals surface area contributed by atoms with Crippen LogP contribution >= 0.6 is 0 Å². The maximum Gasteiger partial charge on any atom is 0.254 e. The van der Waals surface area contributed by atoms with Gasteiger partial charge in [-0.15, -0.1) is 0 Å². The van der Waals surface area contributed by atoms with Gasteiger partial charge in [0.1, 0.15) is 12.1 Å². The average molecular weight is 379 g/mol. The second-order valence-corrected chi connectivity index (χ2v) is 8.13. The topological polar surface area (TPSA) is 81.2 Å². The molecule has 1 saturated heterocycles. The quantitative estimate of drug-likeness (QED) is 0.690. The zero-order valence-corrected chi connectivity index (χ0v) is 16.4. The number of hydrogen-bond acceptors (Lipinski definition) is 6. The molecule has 146 valence electrons.